The van der Waals surface area contributed by atoms with Crippen LogP contribution in [-0.2, 0) is 4.79 Å². The molecular weight excluding hydrogens is 428 g/mol. The fourth-order valence-corrected chi connectivity index (χ4v) is 4.91. The van der Waals surface area contributed by atoms with Gasteiger partial charge in [-0.1, -0.05) is 18.2 Å². The molecule has 0 aliphatic carbocycles. The molecule has 0 spiro atoms. The van der Waals surface area contributed by atoms with Crippen molar-refractivity contribution in [1.29, 1.82) is 5.26 Å². The first-order chi connectivity index (χ1) is 16.2. The van der Waals surface area contributed by atoms with Crippen LogP contribution in [0.1, 0.15) is 31.2 Å². The maximum Gasteiger partial charge on any atom is 0.224 e. The largest absolute Gasteiger partial charge is 0.370 e. The Kier molecular flexibility index (Phi) is 8.13. The molecule has 1 fully saturated rings. The second-order valence-corrected chi connectivity index (χ2v) is 9.22. The highest BCUT2D eigenvalue weighted by molar-refractivity contribution is 7.08. The van der Waals surface area contributed by atoms with Crippen molar-refractivity contribution in [1.82, 2.24) is 4.90 Å². The summed E-state index contributed by atoms with van der Waals surface area (Å²) in [6.45, 7) is 5.10. The van der Waals surface area contributed by atoms with Crippen LogP contribution in [0.15, 0.2) is 65.4 Å². The third-order valence-corrected chi connectivity index (χ3v) is 6.76. The summed E-state index contributed by atoms with van der Waals surface area (Å²) in [5.74, 6) is 0.0812. The zero-order valence-electron chi connectivity index (χ0n) is 18.9. The molecule has 33 heavy (non-hydrogen) atoms. The highest BCUT2D eigenvalue weighted by atomic mass is 32.1. The number of nitrogens with zero attached hydrogens (tertiary/aromatic N) is 3. The molecule has 1 N–H and O–H groups in total. The fourth-order valence-electron chi connectivity index (χ4n) is 4.24. The van der Waals surface area contributed by atoms with E-state index in [1.165, 1.54) is 11.1 Å². The van der Waals surface area contributed by atoms with E-state index in [1.54, 1.807) is 11.3 Å². The van der Waals surface area contributed by atoms with E-state index in [1.807, 2.05) is 30.3 Å². The zero-order chi connectivity index (χ0) is 22.9. The lowest BCUT2D eigenvalue weighted by Gasteiger charge is -2.23. The second-order valence-electron chi connectivity index (χ2n) is 8.44. The van der Waals surface area contributed by atoms with Gasteiger partial charge in [0.25, 0.3) is 0 Å². The Bertz CT molecular complexity index is 1070. The van der Waals surface area contributed by atoms with Gasteiger partial charge in [-0.25, -0.2) is 0 Å². The molecule has 1 aliphatic heterocycles. The van der Waals surface area contributed by atoms with E-state index in [2.05, 4.69) is 56.2 Å². The molecule has 1 amide bonds. The minimum Gasteiger partial charge on any atom is -0.370 e. The molecule has 2 heterocycles. The minimum absolute atomic E-state index is 0.0812. The van der Waals surface area contributed by atoms with Gasteiger partial charge in [0.05, 0.1) is 11.6 Å². The Morgan fingerprint density at radius 3 is 2.67 bits per heavy atom. The van der Waals surface area contributed by atoms with E-state index in [0.717, 1.165) is 63.4 Å². The predicted octanol–water partition coefficient (Wildman–Crippen LogP) is 5.61. The summed E-state index contributed by atoms with van der Waals surface area (Å²) in [5.41, 5.74) is 5.08. The first-order valence-corrected chi connectivity index (χ1v) is 12.6. The van der Waals surface area contributed by atoms with Crippen LogP contribution in [0.5, 0.6) is 0 Å². The summed E-state index contributed by atoms with van der Waals surface area (Å²) in [6.07, 6.45) is 3.57. The molecular formula is C27H30N4OS. The van der Waals surface area contributed by atoms with Crippen LogP contribution < -0.4 is 10.2 Å². The highest BCUT2D eigenvalue weighted by Gasteiger charge is 2.15. The van der Waals surface area contributed by atoms with Gasteiger partial charge in [0, 0.05) is 37.4 Å². The monoisotopic (exact) mass is 458 g/mol. The standard InChI is InChI=1S/C27H30N4OS/c28-20-22-5-3-6-26(19-22)31-15-4-14-30(16-17-31)13-2-1-7-27(32)29-25-10-8-23(9-11-25)24-12-18-33-21-24/h3,5-6,8-12,18-19,21H,1-2,4,7,13-17H2,(H,29,32). The smallest absolute Gasteiger partial charge is 0.224 e. The fraction of sp³-hybridized carbons (Fsp3) is 0.333. The van der Waals surface area contributed by atoms with E-state index >= 15 is 0 Å². The van der Waals surface area contributed by atoms with Crippen molar-refractivity contribution in [3.8, 4) is 17.2 Å². The number of thiophene rings is 1. The molecule has 6 heteroatoms. The van der Waals surface area contributed by atoms with Crippen molar-refractivity contribution < 1.29 is 4.79 Å². The van der Waals surface area contributed by atoms with E-state index < -0.39 is 0 Å². The molecule has 0 unspecified atom stereocenters. The number of hydrogen-bond donors (Lipinski definition) is 1. The number of carbonyl (C=O) groups is 1. The quantitative estimate of drug-likeness (QED) is 0.446. The minimum atomic E-state index is 0.0812. The summed E-state index contributed by atoms with van der Waals surface area (Å²) in [5, 5.41) is 16.4. The third kappa shape index (κ3) is 6.67. The van der Waals surface area contributed by atoms with E-state index in [-0.39, 0.29) is 5.91 Å². The summed E-state index contributed by atoms with van der Waals surface area (Å²) in [6, 6.07) is 20.3. The highest BCUT2D eigenvalue weighted by Crippen LogP contribution is 2.24. The number of benzene rings is 2. The Labute approximate surface area is 200 Å². The molecule has 1 saturated heterocycles. The first-order valence-electron chi connectivity index (χ1n) is 11.6. The van der Waals surface area contributed by atoms with Crippen LogP contribution in [0.25, 0.3) is 11.1 Å². The van der Waals surface area contributed by atoms with E-state index in [0.29, 0.717) is 12.0 Å². The SMILES string of the molecule is N#Cc1cccc(N2CCCN(CCCCC(=O)Nc3ccc(-c4ccsc4)cc3)CC2)c1. The average Bonchev–Trinajstić information content (AvgIpc) is 3.28. The van der Waals surface area contributed by atoms with Gasteiger partial charge in [0.1, 0.15) is 0 Å². The van der Waals surface area contributed by atoms with Gasteiger partial charge in [-0.05, 0) is 90.6 Å². The molecule has 2 aromatic carbocycles. The lowest BCUT2D eigenvalue weighted by atomic mass is 10.1. The third-order valence-electron chi connectivity index (χ3n) is 6.08. The van der Waals surface area contributed by atoms with Crippen molar-refractivity contribution in [3.63, 3.8) is 0 Å². The van der Waals surface area contributed by atoms with Gasteiger partial charge in [-0.2, -0.15) is 16.6 Å². The van der Waals surface area contributed by atoms with Crippen molar-refractivity contribution in [2.45, 2.75) is 25.7 Å². The van der Waals surface area contributed by atoms with E-state index in [4.69, 9.17) is 5.26 Å². The van der Waals surface area contributed by atoms with Crippen LogP contribution in [0.2, 0.25) is 0 Å². The normalized spacial score (nSPS) is 14.5. The zero-order valence-corrected chi connectivity index (χ0v) is 19.7. The molecule has 0 radical (unpaired) electrons. The van der Waals surface area contributed by atoms with Crippen LogP contribution >= 0.6 is 11.3 Å². The number of rotatable bonds is 8. The van der Waals surface area contributed by atoms with Gasteiger partial charge < -0.3 is 15.1 Å². The average molecular weight is 459 g/mol. The summed E-state index contributed by atoms with van der Waals surface area (Å²) in [4.78, 5) is 17.2. The van der Waals surface area contributed by atoms with Crippen molar-refractivity contribution >= 4 is 28.6 Å². The molecule has 5 nitrogen and oxygen atoms in total. The predicted molar refractivity (Wildman–Crippen MR) is 137 cm³/mol. The summed E-state index contributed by atoms with van der Waals surface area (Å²) >= 11 is 1.69. The van der Waals surface area contributed by atoms with Gasteiger partial charge >= 0.3 is 0 Å². The first kappa shape index (κ1) is 23.0. The molecule has 1 aliphatic rings. The molecule has 0 saturated carbocycles. The molecule has 1 aromatic heterocycles. The van der Waals surface area contributed by atoms with Crippen LogP contribution in [0.4, 0.5) is 11.4 Å². The van der Waals surface area contributed by atoms with Crippen molar-refractivity contribution in [2.75, 3.05) is 42.9 Å². The maximum atomic E-state index is 12.3. The lowest BCUT2D eigenvalue weighted by molar-refractivity contribution is -0.116. The van der Waals surface area contributed by atoms with Crippen molar-refractivity contribution in [3.05, 3.63) is 70.9 Å². The number of anilines is 2. The number of carbonyl (C=O) groups excluding carboxylic acids is 1. The molecule has 0 atom stereocenters. The van der Waals surface area contributed by atoms with Crippen LogP contribution in [0.3, 0.4) is 0 Å². The Hall–Kier alpha value is -3.14. The molecule has 170 valence electrons. The number of hydrogen-bond acceptors (Lipinski definition) is 5. The Morgan fingerprint density at radius 1 is 1.00 bits per heavy atom. The number of nitrogens with one attached hydrogen (secondary N) is 1. The van der Waals surface area contributed by atoms with Gasteiger partial charge in [-0.3, -0.25) is 4.79 Å². The molecule has 4 rings (SSSR count). The topological polar surface area (TPSA) is 59.4 Å². The lowest BCUT2D eigenvalue weighted by Crippen LogP contribution is -2.31. The number of nitriles is 1. The molecule has 0 bridgehead atoms. The van der Waals surface area contributed by atoms with Crippen LogP contribution in [-0.4, -0.2) is 43.5 Å². The Balaban J connectivity index is 1.15. The number of amides is 1. The molecule has 3 aromatic rings. The summed E-state index contributed by atoms with van der Waals surface area (Å²) in [7, 11) is 0. The van der Waals surface area contributed by atoms with Crippen LogP contribution in [0, 0.1) is 11.3 Å². The Morgan fingerprint density at radius 2 is 1.88 bits per heavy atom. The van der Waals surface area contributed by atoms with E-state index in [9.17, 15) is 4.79 Å². The maximum absolute atomic E-state index is 12.3. The van der Waals surface area contributed by atoms with Crippen molar-refractivity contribution in [2.24, 2.45) is 0 Å². The second kappa shape index (κ2) is 11.6. The van der Waals surface area contributed by atoms with Gasteiger partial charge in [0.2, 0.25) is 5.91 Å². The van der Waals surface area contributed by atoms with Gasteiger partial charge in [-0.15, -0.1) is 0 Å². The number of unbranched alkanes of at least 4 members (excludes halogenated alkanes) is 1. The summed E-state index contributed by atoms with van der Waals surface area (Å²) < 4.78 is 0. The van der Waals surface area contributed by atoms with Gasteiger partial charge in [0.15, 0.2) is 0 Å².